The standard InChI is InChI=1S/C17H24N2O4/c1-12-3-5-13(6-4-12)16(22)18-9-7-15(21)19-10-8-17(2,23)14(20)11-19/h3-6,14,20,23H,7-11H2,1-2H3,(H,18,22)/t14-,17+/m0/s1. The van der Waals surface area contributed by atoms with Gasteiger partial charge in [0.2, 0.25) is 5.91 Å². The molecule has 1 heterocycles. The molecule has 1 aromatic rings. The highest BCUT2D eigenvalue weighted by Gasteiger charge is 2.37. The van der Waals surface area contributed by atoms with Gasteiger partial charge in [-0.1, -0.05) is 17.7 Å². The summed E-state index contributed by atoms with van der Waals surface area (Å²) < 4.78 is 0. The fraction of sp³-hybridized carbons (Fsp3) is 0.529. The summed E-state index contributed by atoms with van der Waals surface area (Å²) in [5, 5.41) is 22.4. The summed E-state index contributed by atoms with van der Waals surface area (Å²) in [6.07, 6.45) is -0.426. The van der Waals surface area contributed by atoms with E-state index < -0.39 is 11.7 Å². The zero-order chi connectivity index (χ0) is 17.0. The highest BCUT2D eigenvalue weighted by molar-refractivity contribution is 5.94. The highest BCUT2D eigenvalue weighted by Crippen LogP contribution is 2.22. The van der Waals surface area contributed by atoms with E-state index in [1.165, 1.54) is 4.90 Å². The molecule has 1 fully saturated rings. The van der Waals surface area contributed by atoms with Gasteiger partial charge in [-0.2, -0.15) is 0 Å². The molecule has 6 nitrogen and oxygen atoms in total. The molecule has 23 heavy (non-hydrogen) atoms. The van der Waals surface area contributed by atoms with Crippen molar-refractivity contribution in [1.29, 1.82) is 0 Å². The van der Waals surface area contributed by atoms with Gasteiger partial charge in [-0.3, -0.25) is 9.59 Å². The molecule has 0 radical (unpaired) electrons. The number of aliphatic hydroxyl groups excluding tert-OH is 1. The van der Waals surface area contributed by atoms with Crippen LogP contribution in [-0.2, 0) is 4.79 Å². The van der Waals surface area contributed by atoms with E-state index in [0.29, 0.717) is 18.5 Å². The fourth-order valence-electron chi connectivity index (χ4n) is 2.50. The summed E-state index contributed by atoms with van der Waals surface area (Å²) in [4.78, 5) is 25.6. The molecule has 0 bridgehead atoms. The first kappa shape index (κ1) is 17.4. The smallest absolute Gasteiger partial charge is 0.251 e. The molecule has 2 atom stereocenters. The van der Waals surface area contributed by atoms with Crippen LogP contribution in [0.4, 0.5) is 0 Å². The Hall–Kier alpha value is -1.92. The quantitative estimate of drug-likeness (QED) is 0.752. The number of carbonyl (C=O) groups is 2. The van der Waals surface area contributed by atoms with Gasteiger partial charge in [-0.15, -0.1) is 0 Å². The molecule has 1 aliphatic heterocycles. The largest absolute Gasteiger partial charge is 0.388 e. The minimum absolute atomic E-state index is 0.123. The number of amides is 2. The number of aryl methyl sites for hydroxylation is 1. The number of aliphatic hydroxyl groups is 2. The van der Waals surface area contributed by atoms with Gasteiger partial charge in [0.1, 0.15) is 0 Å². The van der Waals surface area contributed by atoms with E-state index in [2.05, 4.69) is 5.32 Å². The van der Waals surface area contributed by atoms with Crippen LogP contribution < -0.4 is 5.32 Å². The van der Waals surface area contributed by atoms with Crippen LogP contribution in [0.1, 0.15) is 35.7 Å². The van der Waals surface area contributed by atoms with Crippen LogP contribution in [-0.4, -0.2) is 58.3 Å². The Morgan fingerprint density at radius 2 is 2.00 bits per heavy atom. The average molecular weight is 320 g/mol. The molecule has 2 rings (SSSR count). The van der Waals surface area contributed by atoms with Gasteiger partial charge < -0.3 is 20.4 Å². The topological polar surface area (TPSA) is 89.9 Å². The summed E-state index contributed by atoms with van der Waals surface area (Å²) in [6.45, 7) is 4.30. The molecule has 1 saturated heterocycles. The SMILES string of the molecule is Cc1ccc(C(=O)NCCC(=O)N2CC[C@@](C)(O)[C@@H](O)C2)cc1. The van der Waals surface area contributed by atoms with E-state index in [0.717, 1.165) is 5.56 Å². The van der Waals surface area contributed by atoms with Crippen LogP contribution in [0.15, 0.2) is 24.3 Å². The van der Waals surface area contributed by atoms with Gasteiger partial charge in [0.15, 0.2) is 0 Å². The summed E-state index contributed by atoms with van der Waals surface area (Å²) >= 11 is 0. The van der Waals surface area contributed by atoms with E-state index in [9.17, 15) is 19.8 Å². The molecular formula is C17H24N2O4. The zero-order valence-electron chi connectivity index (χ0n) is 13.6. The molecule has 126 valence electrons. The van der Waals surface area contributed by atoms with Crippen LogP contribution in [0.2, 0.25) is 0 Å². The lowest BCUT2D eigenvalue weighted by Gasteiger charge is -2.39. The number of rotatable bonds is 4. The molecule has 0 spiro atoms. The Kier molecular flexibility index (Phi) is 5.38. The third-order valence-electron chi connectivity index (χ3n) is 4.29. The highest BCUT2D eigenvalue weighted by atomic mass is 16.3. The second kappa shape index (κ2) is 7.10. The number of benzene rings is 1. The van der Waals surface area contributed by atoms with Gasteiger partial charge >= 0.3 is 0 Å². The second-order valence-corrected chi connectivity index (χ2v) is 6.33. The van der Waals surface area contributed by atoms with Crippen molar-refractivity contribution in [3.63, 3.8) is 0 Å². The predicted octanol–water partition coefficient (Wildman–Crippen LogP) is 0.459. The minimum atomic E-state index is -1.14. The maximum absolute atomic E-state index is 12.1. The molecule has 1 aliphatic rings. The van der Waals surface area contributed by atoms with Gasteiger partial charge in [0, 0.05) is 31.6 Å². The van der Waals surface area contributed by atoms with Crippen molar-refractivity contribution in [3.05, 3.63) is 35.4 Å². The lowest BCUT2D eigenvalue weighted by Crippen LogP contribution is -2.55. The molecule has 0 aromatic heterocycles. The van der Waals surface area contributed by atoms with E-state index in [1.807, 2.05) is 19.1 Å². The maximum Gasteiger partial charge on any atom is 0.251 e. The van der Waals surface area contributed by atoms with Crippen molar-refractivity contribution in [2.45, 2.75) is 38.4 Å². The van der Waals surface area contributed by atoms with Gasteiger partial charge in [0.25, 0.3) is 5.91 Å². The lowest BCUT2D eigenvalue weighted by molar-refractivity contribution is -0.146. The minimum Gasteiger partial charge on any atom is -0.388 e. The molecule has 0 saturated carbocycles. The maximum atomic E-state index is 12.1. The summed E-state index contributed by atoms with van der Waals surface area (Å²) in [5.41, 5.74) is 0.500. The number of nitrogens with one attached hydrogen (secondary N) is 1. The number of likely N-dealkylation sites (tertiary alicyclic amines) is 1. The normalized spacial score (nSPS) is 24.3. The van der Waals surface area contributed by atoms with Crippen molar-refractivity contribution in [2.24, 2.45) is 0 Å². The number of hydrogen-bond acceptors (Lipinski definition) is 4. The van der Waals surface area contributed by atoms with Crippen LogP contribution in [0.3, 0.4) is 0 Å². The Morgan fingerprint density at radius 1 is 1.35 bits per heavy atom. The number of piperidine rings is 1. The first-order chi connectivity index (χ1) is 10.8. The summed E-state index contributed by atoms with van der Waals surface area (Å²) in [6, 6.07) is 7.22. The van der Waals surface area contributed by atoms with Crippen LogP contribution in [0.25, 0.3) is 0 Å². The number of hydrogen-bond donors (Lipinski definition) is 3. The zero-order valence-corrected chi connectivity index (χ0v) is 13.6. The number of nitrogens with zero attached hydrogens (tertiary/aromatic N) is 1. The van der Waals surface area contributed by atoms with E-state index in [4.69, 9.17) is 0 Å². The van der Waals surface area contributed by atoms with Crippen molar-refractivity contribution in [2.75, 3.05) is 19.6 Å². The Morgan fingerprint density at radius 3 is 2.61 bits per heavy atom. The van der Waals surface area contributed by atoms with Gasteiger partial charge in [-0.25, -0.2) is 0 Å². The Balaban J connectivity index is 1.77. The summed E-state index contributed by atoms with van der Waals surface area (Å²) in [5.74, 6) is -0.344. The fourth-order valence-corrected chi connectivity index (χ4v) is 2.50. The van der Waals surface area contributed by atoms with Crippen LogP contribution >= 0.6 is 0 Å². The molecule has 6 heteroatoms. The first-order valence-corrected chi connectivity index (χ1v) is 7.83. The predicted molar refractivity (Wildman–Crippen MR) is 86.0 cm³/mol. The number of β-amino-alcohol motifs (C(OH)–C–C–N with tert-alkyl or cyclic N) is 1. The van der Waals surface area contributed by atoms with E-state index in [1.54, 1.807) is 19.1 Å². The van der Waals surface area contributed by atoms with Gasteiger partial charge in [0.05, 0.1) is 11.7 Å². The van der Waals surface area contributed by atoms with Crippen LogP contribution in [0, 0.1) is 6.92 Å². The molecular weight excluding hydrogens is 296 g/mol. The molecule has 0 aliphatic carbocycles. The third-order valence-corrected chi connectivity index (χ3v) is 4.29. The Bertz CT molecular complexity index is 568. The van der Waals surface area contributed by atoms with E-state index >= 15 is 0 Å². The molecule has 2 amide bonds. The van der Waals surface area contributed by atoms with Crippen molar-refractivity contribution >= 4 is 11.8 Å². The molecule has 1 aromatic carbocycles. The average Bonchev–Trinajstić information content (AvgIpc) is 2.50. The second-order valence-electron chi connectivity index (χ2n) is 6.33. The van der Waals surface area contributed by atoms with Gasteiger partial charge in [-0.05, 0) is 32.4 Å². The number of carbonyl (C=O) groups excluding carboxylic acids is 2. The van der Waals surface area contributed by atoms with Crippen LogP contribution in [0.5, 0.6) is 0 Å². The monoisotopic (exact) mass is 320 g/mol. The molecule has 3 N–H and O–H groups in total. The third kappa shape index (κ3) is 4.53. The van der Waals surface area contributed by atoms with Crippen molar-refractivity contribution in [1.82, 2.24) is 10.2 Å². The lowest BCUT2D eigenvalue weighted by atomic mass is 9.90. The first-order valence-electron chi connectivity index (χ1n) is 7.83. The van der Waals surface area contributed by atoms with E-state index in [-0.39, 0.29) is 31.3 Å². The summed E-state index contributed by atoms with van der Waals surface area (Å²) in [7, 11) is 0. The molecule has 0 unspecified atom stereocenters. The van der Waals surface area contributed by atoms with Crippen molar-refractivity contribution in [3.8, 4) is 0 Å². The Labute approximate surface area is 136 Å². The van der Waals surface area contributed by atoms with Crippen molar-refractivity contribution < 1.29 is 19.8 Å².